The molecule has 29 heavy (non-hydrogen) atoms. The zero-order valence-electron chi connectivity index (χ0n) is 15.7. The van der Waals surface area contributed by atoms with E-state index in [9.17, 15) is 22.8 Å². The first-order chi connectivity index (χ1) is 13.7. The summed E-state index contributed by atoms with van der Waals surface area (Å²) >= 11 is 0. The van der Waals surface area contributed by atoms with Crippen LogP contribution in [0.5, 0.6) is 0 Å². The van der Waals surface area contributed by atoms with Crippen molar-refractivity contribution in [1.82, 2.24) is 20.2 Å². The maximum atomic E-state index is 12.9. The van der Waals surface area contributed by atoms with E-state index >= 15 is 0 Å². The maximum absolute atomic E-state index is 12.9. The number of nitrogen functional groups attached to an aromatic ring is 1. The lowest BCUT2D eigenvalue weighted by molar-refractivity contribution is -0.137. The summed E-state index contributed by atoms with van der Waals surface area (Å²) in [5.74, 6) is -0.569. The van der Waals surface area contributed by atoms with E-state index in [1.54, 1.807) is 4.90 Å². The summed E-state index contributed by atoms with van der Waals surface area (Å²) in [5, 5.41) is 2.48. The SMILES string of the molecule is CC(=O)NCC(=O)N1CCCC1c1nc(N)ncc1-c1ccc(C(F)(F)F)cc1. The molecular weight excluding hydrogens is 387 g/mol. The Labute approximate surface area is 165 Å². The van der Waals surface area contributed by atoms with Crippen LogP contribution in [0.4, 0.5) is 19.1 Å². The quantitative estimate of drug-likeness (QED) is 0.811. The summed E-state index contributed by atoms with van der Waals surface area (Å²) in [4.78, 5) is 33.5. The Morgan fingerprint density at radius 2 is 1.97 bits per heavy atom. The molecule has 3 rings (SSSR count). The molecule has 2 amide bonds. The van der Waals surface area contributed by atoms with Gasteiger partial charge in [-0.2, -0.15) is 13.2 Å². The number of alkyl halides is 3. The van der Waals surface area contributed by atoms with Gasteiger partial charge in [-0.25, -0.2) is 9.97 Å². The number of anilines is 1. The zero-order chi connectivity index (χ0) is 21.2. The third-order valence-corrected chi connectivity index (χ3v) is 4.74. The second kappa shape index (κ2) is 8.06. The van der Waals surface area contributed by atoms with Gasteiger partial charge in [0.15, 0.2) is 0 Å². The van der Waals surface area contributed by atoms with Crippen LogP contribution in [0.3, 0.4) is 0 Å². The number of hydrogen-bond acceptors (Lipinski definition) is 5. The Morgan fingerprint density at radius 3 is 2.59 bits per heavy atom. The molecule has 10 heteroatoms. The Kier molecular flexibility index (Phi) is 5.71. The van der Waals surface area contributed by atoms with Crippen molar-refractivity contribution in [3.63, 3.8) is 0 Å². The van der Waals surface area contributed by atoms with Crippen LogP contribution in [0.25, 0.3) is 11.1 Å². The van der Waals surface area contributed by atoms with Gasteiger partial charge in [0.05, 0.1) is 23.8 Å². The molecule has 0 radical (unpaired) electrons. The number of hydrogen-bond donors (Lipinski definition) is 2. The Bertz CT molecular complexity index is 915. The number of carbonyl (C=O) groups excluding carboxylic acids is 2. The molecule has 1 aromatic heterocycles. The van der Waals surface area contributed by atoms with Gasteiger partial charge in [-0.3, -0.25) is 9.59 Å². The number of aromatic nitrogens is 2. The molecule has 0 aliphatic carbocycles. The number of carbonyl (C=O) groups is 2. The lowest BCUT2D eigenvalue weighted by atomic mass is 9.98. The van der Waals surface area contributed by atoms with Crippen molar-refractivity contribution in [2.75, 3.05) is 18.8 Å². The first-order valence-electron chi connectivity index (χ1n) is 9.00. The molecule has 1 aliphatic heterocycles. The van der Waals surface area contributed by atoms with E-state index in [1.807, 2.05) is 0 Å². The molecule has 154 valence electrons. The Morgan fingerprint density at radius 1 is 1.28 bits per heavy atom. The predicted molar refractivity (Wildman–Crippen MR) is 99.3 cm³/mol. The van der Waals surface area contributed by atoms with E-state index in [4.69, 9.17) is 5.73 Å². The average Bonchev–Trinajstić information content (AvgIpc) is 3.15. The number of halogens is 3. The van der Waals surface area contributed by atoms with E-state index < -0.39 is 17.8 Å². The van der Waals surface area contributed by atoms with E-state index in [-0.39, 0.29) is 24.3 Å². The van der Waals surface area contributed by atoms with Crippen molar-refractivity contribution in [1.29, 1.82) is 0 Å². The minimum atomic E-state index is -4.43. The number of benzene rings is 1. The number of nitrogens with zero attached hydrogens (tertiary/aromatic N) is 3. The molecule has 1 fully saturated rings. The van der Waals surface area contributed by atoms with Gasteiger partial charge in [-0.15, -0.1) is 0 Å². The zero-order valence-corrected chi connectivity index (χ0v) is 15.7. The van der Waals surface area contributed by atoms with Crippen molar-refractivity contribution in [2.24, 2.45) is 0 Å². The second-order valence-corrected chi connectivity index (χ2v) is 6.76. The van der Waals surface area contributed by atoms with Crippen LogP contribution in [0.15, 0.2) is 30.5 Å². The highest BCUT2D eigenvalue weighted by atomic mass is 19.4. The van der Waals surface area contributed by atoms with Crippen LogP contribution in [-0.4, -0.2) is 39.8 Å². The molecule has 7 nitrogen and oxygen atoms in total. The highest BCUT2D eigenvalue weighted by Crippen LogP contribution is 2.37. The average molecular weight is 407 g/mol. The van der Waals surface area contributed by atoms with Crippen LogP contribution < -0.4 is 11.1 Å². The van der Waals surface area contributed by atoms with Crippen molar-refractivity contribution < 1.29 is 22.8 Å². The standard InChI is InChI=1S/C19H20F3N5O2/c1-11(28)24-10-16(29)27-8-2-3-15(27)17-14(9-25-18(23)26-17)12-4-6-13(7-5-12)19(20,21)22/h4-7,9,15H,2-3,8,10H2,1H3,(H,24,28)(H2,23,25,26). The van der Waals surface area contributed by atoms with Gasteiger partial charge in [0, 0.05) is 25.2 Å². The summed E-state index contributed by atoms with van der Waals surface area (Å²) in [6.07, 6.45) is -1.63. The molecule has 1 aromatic carbocycles. The fourth-order valence-corrected chi connectivity index (χ4v) is 3.38. The fraction of sp³-hybridized carbons (Fsp3) is 0.368. The summed E-state index contributed by atoms with van der Waals surface area (Å²) in [5.41, 5.74) is 6.47. The molecule has 0 saturated carbocycles. The highest BCUT2D eigenvalue weighted by molar-refractivity contribution is 5.84. The van der Waals surface area contributed by atoms with Gasteiger partial charge < -0.3 is 16.0 Å². The molecule has 1 unspecified atom stereocenters. The Balaban J connectivity index is 1.94. The summed E-state index contributed by atoms with van der Waals surface area (Å²) < 4.78 is 38.6. The molecular formula is C19H20F3N5O2. The van der Waals surface area contributed by atoms with Crippen LogP contribution >= 0.6 is 0 Å². The largest absolute Gasteiger partial charge is 0.416 e. The van der Waals surface area contributed by atoms with Crippen molar-refractivity contribution in [3.05, 3.63) is 41.7 Å². The molecule has 2 heterocycles. The van der Waals surface area contributed by atoms with Crippen LogP contribution in [-0.2, 0) is 15.8 Å². The number of likely N-dealkylation sites (tertiary alicyclic amines) is 1. The van der Waals surface area contributed by atoms with Crippen LogP contribution in [0.1, 0.15) is 37.1 Å². The normalized spacial score (nSPS) is 16.7. The maximum Gasteiger partial charge on any atom is 0.416 e. The lowest BCUT2D eigenvalue weighted by Gasteiger charge is -2.26. The smallest absolute Gasteiger partial charge is 0.368 e. The predicted octanol–water partition coefficient (Wildman–Crippen LogP) is 2.54. The van der Waals surface area contributed by atoms with Gasteiger partial charge >= 0.3 is 6.18 Å². The second-order valence-electron chi connectivity index (χ2n) is 6.76. The van der Waals surface area contributed by atoms with Crippen LogP contribution in [0, 0.1) is 0 Å². The monoisotopic (exact) mass is 407 g/mol. The number of nitrogens with two attached hydrogens (primary N) is 1. The van der Waals surface area contributed by atoms with E-state index in [1.165, 1.54) is 25.3 Å². The molecule has 3 N–H and O–H groups in total. The molecule has 1 saturated heterocycles. The molecule has 1 atom stereocenters. The van der Waals surface area contributed by atoms with Crippen molar-refractivity contribution in [2.45, 2.75) is 32.0 Å². The lowest BCUT2D eigenvalue weighted by Crippen LogP contribution is -2.39. The molecule has 2 aromatic rings. The minimum absolute atomic E-state index is 0.0109. The first-order valence-corrected chi connectivity index (χ1v) is 9.00. The van der Waals surface area contributed by atoms with Gasteiger partial charge in [-0.1, -0.05) is 12.1 Å². The minimum Gasteiger partial charge on any atom is -0.368 e. The van der Waals surface area contributed by atoms with Gasteiger partial charge in [-0.05, 0) is 30.5 Å². The molecule has 1 aliphatic rings. The third kappa shape index (κ3) is 4.64. The Hall–Kier alpha value is -3.17. The van der Waals surface area contributed by atoms with E-state index in [0.717, 1.165) is 18.6 Å². The topological polar surface area (TPSA) is 101 Å². The van der Waals surface area contributed by atoms with E-state index in [2.05, 4.69) is 15.3 Å². The van der Waals surface area contributed by atoms with Gasteiger partial charge in [0.2, 0.25) is 17.8 Å². The first kappa shape index (κ1) is 20.6. The van der Waals surface area contributed by atoms with Crippen LogP contribution in [0.2, 0.25) is 0 Å². The van der Waals surface area contributed by atoms with Gasteiger partial charge in [0.1, 0.15) is 0 Å². The summed E-state index contributed by atoms with van der Waals surface area (Å²) in [6.45, 7) is 1.67. The third-order valence-electron chi connectivity index (χ3n) is 4.74. The van der Waals surface area contributed by atoms with Crippen molar-refractivity contribution >= 4 is 17.8 Å². The van der Waals surface area contributed by atoms with Gasteiger partial charge in [0.25, 0.3) is 0 Å². The van der Waals surface area contributed by atoms with Crippen molar-refractivity contribution in [3.8, 4) is 11.1 Å². The molecule has 0 bridgehead atoms. The number of rotatable bonds is 4. The number of nitrogens with one attached hydrogen (secondary N) is 1. The summed E-state index contributed by atoms with van der Waals surface area (Å²) in [6, 6.07) is 4.27. The number of amides is 2. The summed E-state index contributed by atoms with van der Waals surface area (Å²) in [7, 11) is 0. The highest BCUT2D eigenvalue weighted by Gasteiger charge is 2.34. The van der Waals surface area contributed by atoms with E-state index in [0.29, 0.717) is 29.8 Å². The molecule has 0 spiro atoms. The fourth-order valence-electron chi connectivity index (χ4n) is 3.38.